The second kappa shape index (κ2) is 7.74. The number of rotatable bonds is 6. The molecule has 0 saturated heterocycles. The van der Waals surface area contributed by atoms with Crippen LogP contribution in [0.2, 0.25) is 0 Å². The molecule has 1 N–H and O–H groups in total. The first kappa shape index (κ1) is 18.8. The van der Waals surface area contributed by atoms with Crippen molar-refractivity contribution in [1.82, 2.24) is 0 Å². The highest BCUT2D eigenvalue weighted by Crippen LogP contribution is 2.36. The highest BCUT2D eigenvalue weighted by atomic mass is 16.7. The van der Waals surface area contributed by atoms with Crippen molar-refractivity contribution in [2.75, 3.05) is 12.4 Å². The van der Waals surface area contributed by atoms with E-state index in [-0.39, 0.29) is 17.9 Å². The van der Waals surface area contributed by atoms with Crippen LogP contribution in [0, 0.1) is 5.92 Å². The average molecular weight is 367 g/mol. The summed E-state index contributed by atoms with van der Waals surface area (Å²) in [4.78, 5) is 12.0. The molecule has 0 spiro atoms. The number of carbonyl (C=O) groups is 1. The van der Waals surface area contributed by atoms with Gasteiger partial charge < -0.3 is 19.5 Å². The second-order valence-electron chi connectivity index (χ2n) is 7.02. The van der Waals surface area contributed by atoms with Crippen LogP contribution in [0.5, 0.6) is 5.75 Å². The summed E-state index contributed by atoms with van der Waals surface area (Å²) in [6.07, 6.45) is 1.43. The van der Waals surface area contributed by atoms with E-state index in [1.54, 1.807) is 21.0 Å². The topological polar surface area (TPSA) is 56.8 Å². The number of hydrogen-bond acceptors (Lipinski definition) is 5. The van der Waals surface area contributed by atoms with E-state index in [9.17, 15) is 4.79 Å². The summed E-state index contributed by atoms with van der Waals surface area (Å²) in [6, 6.07) is 17.7. The Kier molecular flexibility index (Phi) is 5.40. The average Bonchev–Trinajstić information content (AvgIpc) is 2.65. The molecule has 3 rings (SSSR count). The monoisotopic (exact) mass is 367 g/mol. The summed E-state index contributed by atoms with van der Waals surface area (Å²) in [6.45, 7) is 5.50. The highest BCUT2D eigenvalue weighted by Gasteiger charge is 2.35. The van der Waals surface area contributed by atoms with Crippen molar-refractivity contribution in [3.8, 4) is 5.75 Å². The molecule has 0 amide bonds. The first-order chi connectivity index (χ1) is 12.9. The fourth-order valence-corrected chi connectivity index (χ4v) is 3.13. The van der Waals surface area contributed by atoms with Crippen LogP contribution in [0.15, 0.2) is 66.4 Å². The zero-order valence-electron chi connectivity index (χ0n) is 16.1. The highest BCUT2D eigenvalue weighted by molar-refractivity contribution is 5.83. The molecule has 0 radical (unpaired) electrons. The molecule has 0 bridgehead atoms. The molecule has 1 heterocycles. The van der Waals surface area contributed by atoms with Crippen molar-refractivity contribution < 1.29 is 19.0 Å². The number of hydrogen-bond donors (Lipinski definition) is 1. The lowest BCUT2D eigenvalue weighted by Gasteiger charge is -2.36. The Labute approximate surface area is 159 Å². The first-order valence-corrected chi connectivity index (χ1v) is 8.97. The minimum atomic E-state index is -0.980. The maximum atomic E-state index is 12.0. The van der Waals surface area contributed by atoms with Crippen molar-refractivity contribution in [2.24, 2.45) is 5.92 Å². The second-order valence-corrected chi connectivity index (χ2v) is 7.02. The Balaban J connectivity index is 1.94. The number of anilines is 1. The number of esters is 1. The summed E-state index contributed by atoms with van der Waals surface area (Å²) < 4.78 is 16.4. The molecule has 1 aliphatic heterocycles. The van der Waals surface area contributed by atoms with Gasteiger partial charge in [-0.05, 0) is 29.8 Å². The predicted octanol–water partition coefficient (Wildman–Crippen LogP) is 4.68. The molecule has 0 saturated carbocycles. The van der Waals surface area contributed by atoms with Crippen molar-refractivity contribution in [1.29, 1.82) is 0 Å². The number of ether oxygens (including phenoxy) is 3. The molecule has 27 heavy (non-hydrogen) atoms. The van der Waals surface area contributed by atoms with E-state index in [2.05, 4.69) is 5.32 Å². The fourth-order valence-electron chi connectivity index (χ4n) is 3.13. The van der Waals surface area contributed by atoms with Gasteiger partial charge in [0.05, 0.1) is 19.2 Å². The quantitative estimate of drug-likeness (QED) is 0.752. The van der Waals surface area contributed by atoms with Crippen molar-refractivity contribution in [3.63, 3.8) is 0 Å². The third-order valence-electron chi connectivity index (χ3n) is 4.49. The van der Waals surface area contributed by atoms with Crippen LogP contribution in [0.1, 0.15) is 32.4 Å². The molecule has 0 unspecified atom stereocenters. The van der Waals surface area contributed by atoms with Crippen LogP contribution in [0.3, 0.4) is 0 Å². The smallest absolute Gasteiger partial charge is 0.337 e. The van der Waals surface area contributed by atoms with Gasteiger partial charge in [-0.25, -0.2) is 4.79 Å². The lowest BCUT2D eigenvalue weighted by atomic mass is 9.91. The summed E-state index contributed by atoms with van der Waals surface area (Å²) in [5.41, 5.74) is 2.05. The van der Waals surface area contributed by atoms with Crippen LogP contribution in [-0.2, 0) is 14.3 Å². The van der Waals surface area contributed by atoms with Gasteiger partial charge in [0.2, 0.25) is 5.79 Å². The molecule has 142 valence electrons. The summed E-state index contributed by atoms with van der Waals surface area (Å²) in [7, 11) is 1.64. The SMILES string of the molecule is COc1ccc([C@H](Nc2ccccc2)[C@H](C)C2=CC(=O)OC(C)(C)O2)cc1. The number of methoxy groups -OCH3 is 1. The van der Waals surface area contributed by atoms with Gasteiger partial charge in [0.15, 0.2) is 0 Å². The van der Waals surface area contributed by atoms with Crippen LogP contribution >= 0.6 is 0 Å². The normalized spacial score (nSPS) is 17.8. The molecule has 0 fully saturated rings. The fraction of sp³-hybridized carbons (Fsp3) is 0.318. The van der Waals surface area contributed by atoms with Gasteiger partial charge in [0, 0.05) is 25.5 Å². The summed E-state index contributed by atoms with van der Waals surface area (Å²) >= 11 is 0. The number of para-hydroxylation sites is 1. The molecule has 5 nitrogen and oxygen atoms in total. The van der Waals surface area contributed by atoms with Gasteiger partial charge in [0.25, 0.3) is 0 Å². The Bertz CT molecular complexity index is 812. The Morgan fingerprint density at radius 2 is 1.67 bits per heavy atom. The lowest BCUT2D eigenvalue weighted by molar-refractivity contribution is -0.208. The van der Waals surface area contributed by atoms with Crippen molar-refractivity contribution in [3.05, 3.63) is 72.0 Å². The number of carbonyl (C=O) groups excluding carboxylic acids is 1. The number of benzene rings is 2. The Morgan fingerprint density at radius 1 is 1.00 bits per heavy atom. The largest absolute Gasteiger partial charge is 0.497 e. The maximum Gasteiger partial charge on any atom is 0.337 e. The van der Waals surface area contributed by atoms with E-state index in [1.807, 2.05) is 61.5 Å². The Hall–Kier alpha value is -2.95. The molecule has 2 atom stereocenters. The van der Waals surface area contributed by atoms with Gasteiger partial charge in [-0.3, -0.25) is 0 Å². The summed E-state index contributed by atoms with van der Waals surface area (Å²) in [5, 5.41) is 3.56. The number of nitrogens with one attached hydrogen (secondary N) is 1. The first-order valence-electron chi connectivity index (χ1n) is 8.97. The molecule has 0 aliphatic carbocycles. The molecule has 2 aromatic rings. The standard InChI is InChI=1S/C22H25NO4/c1-15(19-14-20(24)27-22(2,3)26-19)21(23-17-8-6-5-7-9-17)16-10-12-18(25-4)13-11-16/h5-15,21,23H,1-4H3/t15-,21-/m1/s1. The zero-order valence-corrected chi connectivity index (χ0v) is 16.1. The third-order valence-corrected chi connectivity index (χ3v) is 4.49. The predicted molar refractivity (Wildman–Crippen MR) is 104 cm³/mol. The van der Waals surface area contributed by atoms with Gasteiger partial charge in [-0.2, -0.15) is 0 Å². The number of cyclic esters (lactones) is 1. The van der Waals surface area contributed by atoms with Crippen LogP contribution in [0.25, 0.3) is 0 Å². The van der Waals surface area contributed by atoms with Crippen molar-refractivity contribution in [2.45, 2.75) is 32.6 Å². The van der Waals surface area contributed by atoms with E-state index >= 15 is 0 Å². The van der Waals surface area contributed by atoms with E-state index in [0.29, 0.717) is 5.76 Å². The minimum absolute atomic E-state index is 0.105. The van der Waals surface area contributed by atoms with Crippen molar-refractivity contribution >= 4 is 11.7 Å². The van der Waals surface area contributed by atoms with E-state index < -0.39 is 5.79 Å². The Morgan fingerprint density at radius 3 is 2.26 bits per heavy atom. The van der Waals surface area contributed by atoms with Gasteiger partial charge in [-0.1, -0.05) is 37.3 Å². The lowest BCUT2D eigenvalue weighted by Crippen LogP contribution is -2.37. The van der Waals surface area contributed by atoms with Gasteiger partial charge >= 0.3 is 5.97 Å². The molecule has 5 heteroatoms. The van der Waals surface area contributed by atoms with E-state index in [4.69, 9.17) is 14.2 Å². The van der Waals surface area contributed by atoms with Gasteiger partial charge in [-0.15, -0.1) is 0 Å². The third kappa shape index (κ3) is 4.61. The molecular weight excluding hydrogens is 342 g/mol. The van der Waals surface area contributed by atoms with Crippen LogP contribution < -0.4 is 10.1 Å². The molecule has 1 aliphatic rings. The minimum Gasteiger partial charge on any atom is -0.497 e. The molecular formula is C22H25NO4. The van der Waals surface area contributed by atoms with Crippen LogP contribution in [0.4, 0.5) is 5.69 Å². The van der Waals surface area contributed by atoms with Gasteiger partial charge in [0.1, 0.15) is 11.5 Å². The van der Waals surface area contributed by atoms with E-state index in [1.165, 1.54) is 6.08 Å². The zero-order chi connectivity index (χ0) is 19.4. The summed E-state index contributed by atoms with van der Waals surface area (Å²) in [5.74, 6) is -0.0812. The van der Waals surface area contributed by atoms with E-state index in [0.717, 1.165) is 17.0 Å². The molecule has 0 aromatic heterocycles. The molecule has 2 aromatic carbocycles. The maximum absolute atomic E-state index is 12.0. The van der Waals surface area contributed by atoms with Crippen LogP contribution in [-0.4, -0.2) is 18.9 Å².